The second kappa shape index (κ2) is 7.91. The van der Waals surface area contributed by atoms with E-state index in [-0.39, 0.29) is 0 Å². The standard InChI is InChI=1S/C23H25F3N4O/c24-23(25,26)20-2-1-19(15-27-20)30-8-3-18-13-17(14-28-21(18)30)16-29-9-4-22(5-10-29)6-11-31-12-7-22/h1-3,8,13-15H,4-7,9-12,16H2. The van der Waals surface area contributed by atoms with Gasteiger partial charge in [0.25, 0.3) is 0 Å². The van der Waals surface area contributed by atoms with Gasteiger partial charge >= 0.3 is 6.18 Å². The van der Waals surface area contributed by atoms with Crippen molar-refractivity contribution in [1.82, 2.24) is 19.4 Å². The first-order valence-corrected chi connectivity index (χ1v) is 10.7. The van der Waals surface area contributed by atoms with Crippen LogP contribution in [0.5, 0.6) is 0 Å². The lowest BCUT2D eigenvalue weighted by Gasteiger charge is -2.44. The van der Waals surface area contributed by atoms with Gasteiger partial charge in [-0.15, -0.1) is 0 Å². The van der Waals surface area contributed by atoms with Gasteiger partial charge in [0.2, 0.25) is 0 Å². The van der Waals surface area contributed by atoms with Crippen LogP contribution in [0.25, 0.3) is 16.7 Å². The Labute approximate surface area is 178 Å². The molecular formula is C23H25F3N4O. The van der Waals surface area contributed by atoms with Gasteiger partial charge in [-0.25, -0.2) is 9.97 Å². The Morgan fingerprint density at radius 1 is 0.968 bits per heavy atom. The minimum atomic E-state index is -4.44. The number of piperidine rings is 1. The van der Waals surface area contributed by atoms with Crippen LogP contribution in [0.3, 0.4) is 0 Å². The predicted octanol–water partition coefficient (Wildman–Crippen LogP) is 4.83. The maximum atomic E-state index is 12.8. The van der Waals surface area contributed by atoms with Crippen LogP contribution in [0, 0.1) is 5.41 Å². The van der Waals surface area contributed by atoms with E-state index in [0.717, 1.165) is 49.9 Å². The monoisotopic (exact) mass is 430 g/mol. The molecule has 0 unspecified atom stereocenters. The Morgan fingerprint density at radius 2 is 1.74 bits per heavy atom. The van der Waals surface area contributed by atoms with Gasteiger partial charge in [-0.3, -0.25) is 9.47 Å². The fraction of sp³-hybridized carbons (Fsp3) is 0.478. The number of likely N-dealkylation sites (tertiary alicyclic amines) is 1. The first kappa shape index (κ1) is 20.5. The number of ether oxygens (including phenoxy) is 1. The lowest BCUT2D eigenvalue weighted by atomic mass is 9.72. The molecule has 3 aromatic heterocycles. The average Bonchev–Trinajstić information content (AvgIpc) is 3.19. The van der Waals surface area contributed by atoms with E-state index in [4.69, 9.17) is 4.74 Å². The van der Waals surface area contributed by atoms with Gasteiger partial charge in [0, 0.05) is 37.5 Å². The van der Waals surface area contributed by atoms with Crippen LogP contribution in [0.15, 0.2) is 42.9 Å². The van der Waals surface area contributed by atoms with Crippen LogP contribution in [0.2, 0.25) is 0 Å². The zero-order valence-corrected chi connectivity index (χ0v) is 17.2. The highest BCUT2D eigenvalue weighted by molar-refractivity contribution is 5.78. The first-order chi connectivity index (χ1) is 14.9. The predicted molar refractivity (Wildman–Crippen MR) is 111 cm³/mol. The molecule has 0 amide bonds. The highest BCUT2D eigenvalue weighted by Crippen LogP contribution is 2.40. The van der Waals surface area contributed by atoms with E-state index in [9.17, 15) is 13.2 Å². The van der Waals surface area contributed by atoms with E-state index in [2.05, 4.69) is 20.9 Å². The third-order valence-electron chi connectivity index (χ3n) is 6.78. The van der Waals surface area contributed by atoms with Crippen molar-refractivity contribution in [2.75, 3.05) is 26.3 Å². The Balaban J connectivity index is 1.28. The van der Waals surface area contributed by atoms with E-state index in [1.807, 2.05) is 18.5 Å². The number of hydrogen-bond donors (Lipinski definition) is 0. The second-order valence-corrected chi connectivity index (χ2v) is 8.73. The molecule has 2 fully saturated rings. The molecule has 2 aliphatic heterocycles. The Bertz CT molecular complexity index is 1040. The van der Waals surface area contributed by atoms with Gasteiger partial charge in [0.05, 0.1) is 11.9 Å². The molecule has 0 bridgehead atoms. The van der Waals surface area contributed by atoms with Crippen LogP contribution in [0.1, 0.15) is 36.9 Å². The van der Waals surface area contributed by atoms with Gasteiger partial charge in [-0.05, 0) is 74.0 Å². The maximum Gasteiger partial charge on any atom is 0.433 e. The number of pyridine rings is 2. The Kier molecular flexibility index (Phi) is 5.22. The molecule has 0 atom stereocenters. The average molecular weight is 430 g/mol. The van der Waals surface area contributed by atoms with E-state index in [0.29, 0.717) is 16.7 Å². The summed E-state index contributed by atoms with van der Waals surface area (Å²) < 4.78 is 45.6. The SMILES string of the molecule is FC(F)(F)c1ccc(-n2ccc3cc(CN4CCC5(CCOCC5)CC4)cnc32)cn1. The van der Waals surface area contributed by atoms with Crippen LogP contribution < -0.4 is 0 Å². The molecule has 3 aromatic rings. The molecule has 2 aliphatic rings. The number of alkyl halides is 3. The zero-order valence-electron chi connectivity index (χ0n) is 17.2. The van der Waals surface area contributed by atoms with Gasteiger partial charge in [-0.2, -0.15) is 13.2 Å². The molecule has 0 saturated carbocycles. The summed E-state index contributed by atoms with van der Waals surface area (Å²) in [6.07, 6.45) is 5.30. The molecular weight excluding hydrogens is 405 g/mol. The summed E-state index contributed by atoms with van der Waals surface area (Å²) in [5.41, 5.74) is 2.00. The molecule has 1 spiro atoms. The second-order valence-electron chi connectivity index (χ2n) is 8.73. The van der Waals surface area contributed by atoms with Crippen molar-refractivity contribution in [2.45, 2.75) is 38.4 Å². The number of rotatable bonds is 3. The lowest BCUT2D eigenvalue weighted by Crippen LogP contribution is -2.42. The molecule has 0 N–H and O–H groups in total. The van der Waals surface area contributed by atoms with Gasteiger partial charge in [0.1, 0.15) is 11.3 Å². The normalized spacial score (nSPS) is 19.8. The van der Waals surface area contributed by atoms with Crippen molar-refractivity contribution in [2.24, 2.45) is 5.41 Å². The first-order valence-electron chi connectivity index (χ1n) is 10.7. The summed E-state index contributed by atoms with van der Waals surface area (Å²) in [5, 5.41) is 0.968. The molecule has 31 heavy (non-hydrogen) atoms. The summed E-state index contributed by atoms with van der Waals surface area (Å²) in [6, 6.07) is 6.48. The molecule has 0 aromatic carbocycles. The van der Waals surface area contributed by atoms with E-state index < -0.39 is 11.9 Å². The zero-order chi connectivity index (χ0) is 21.5. The van der Waals surface area contributed by atoms with Crippen molar-refractivity contribution < 1.29 is 17.9 Å². The van der Waals surface area contributed by atoms with Crippen molar-refractivity contribution >= 4 is 11.0 Å². The fourth-order valence-corrected chi connectivity index (χ4v) is 4.81. The van der Waals surface area contributed by atoms with E-state index >= 15 is 0 Å². The van der Waals surface area contributed by atoms with Gasteiger partial charge in [0.15, 0.2) is 0 Å². The number of fused-ring (bicyclic) bond motifs is 1. The number of halogens is 3. The summed E-state index contributed by atoms with van der Waals surface area (Å²) in [7, 11) is 0. The van der Waals surface area contributed by atoms with Gasteiger partial charge in [-0.1, -0.05) is 0 Å². The Hall–Kier alpha value is -2.45. The third kappa shape index (κ3) is 4.19. The highest BCUT2D eigenvalue weighted by Gasteiger charge is 2.36. The van der Waals surface area contributed by atoms with Crippen molar-refractivity contribution in [3.63, 3.8) is 0 Å². The quantitative estimate of drug-likeness (QED) is 0.597. The summed E-state index contributed by atoms with van der Waals surface area (Å²) >= 11 is 0. The molecule has 5 heterocycles. The number of aromatic nitrogens is 3. The summed E-state index contributed by atoms with van der Waals surface area (Å²) in [6.45, 7) is 4.84. The van der Waals surface area contributed by atoms with Crippen molar-refractivity contribution in [1.29, 1.82) is 0 Å². The third-order valence-corrected chi connectivity index (χ3v) is 6.78. The molecule has 2 saturated heterocycles. The smallest absolute Gasteiger partial charge is 0.381 e. The van der Waals surface area contributed by atoms with Crippen molar-refractivity contribution in [3.05, 3.63) is 54.1 Å². The molecule has 164 valence electrons. The minimum absolute atomic E-state index is 0.476. The molecule has 5 rings (SSSR count). The minimum Gasteiger partial charge on any atom is -0.381 e. The summed E-state index contributed by atoms with van der Waals surface area (Å²) in [4.78, 5) is 10.6. The van der Waals surface area contributed by atoms with Crippen LogP contribution in [-0.4, -0.2) is 45.7 Å². The fourth-order valence-electron chi connectivity index (χ4n) is 4.81. The van der Waals surface area contributed by atoms with E-state index in [1.54, 1.807) is 4.57 Å². The highest BCUT2D eigenvalue weighted by atomic mass is 19.4. The molecule has 0 aliphatic carbocycles. The lowest BCUT2D eigenvalue weighted by molar-refractivity contribution is -0.141. The molecule has 5 nitrogen and oxygen atoms in total. The number of hydrogen-bond acceptors (Lipinski definition) is 4. The van der Waals surface area contributed by atoms with Crippen molar-refractivity contribution in [3.8, 4) is 5.69 Å². The Morgan fingerprint density at radius 3 is 2.42 bits per heavy atom. The largest absolute Gasteiger partial charge is 0.433 e. The van der Waals surface area contributed by atoms with Crippen LogP contribution in [-0.2, 0) is 17.5 Å². The van der Waals surface area contributed by atoms with Gasteiger partial charge < -0.3 is 4.74 Å². The van der Waals surface area contributed by atoms with Crippen LogP contribution >= 0.6 is 0 Å². The number of nitrogens with zero attached hydrogens (tertiary/aromatic N) is 4. The molecule has 0 radical (unpaired) electrons. The van der Waals surface area contributed by atoms with Crippen LogP contribution in [0.4, 0.5) is 13.2 Å². The topological polar surface area (TPSA) is 43.2 Å². The maximum absolute atomic E-state index is 12.8. The molecule has 8 heteroatoms. The summed E-state index contributed by atoms with van der Waals surface area (Å²) in [5.74, 6) is 0. The van der Waals surface area contributed by atoms with E-state index in [1.165, 1.54) is 37.9 Å².